The van der Waals surface area contributed by atoms with Crippen LogP contribution in [0.15, 0.2) is 97.2 Å². The lowest BCUT2D eigenvalue weighted by Gasteiger charge is -2.31. The van der Waals surface area contributed by atoms with E-state index >= 15 is 0 Å². The number of nitrogens with zero attached hydrogens (tertiary/aromatic N) is 3. The molecule has 0 radical (unpaired) electrons. The molecule has 3 atom stereocenters. The van der Waals surface area contributed by atoms with Crippen LogP contribution < -0.4 is 9.64 Å². The molecule has 1 aromatic heterocycles. The van der Waals surface area contributed by atoms with Crippen molar-refractivity contribution in [3.05, 3.63) is 114 Å². The van der Waals surface area contributed by atoms with Gasteiger partial charge in [0.25, 0.3) is 0 Å². The first-order valence-corrected chi connectivity index (χ1v) is 16.6. The largest absolute Gasteiger partial charge is 0.489 e. The zero-order valence-electron chi connectivity index (χ0n) is 25.5. The molecular weight excluding hydrogens is 625 g/mol. The first-order chi connectivity index (χ1) is 22.8. The SMILES string of the molecule is CN1CC(c2ccc(-c3ccc4c(c3)OC[C@H]3[C@H](COP(=O)(OCc5ccccc5)OCc5ccccc5)OC(=O)N43)cn2)OC1=O. The molecule has 0 aliphatic carbocycles. The summed E-state index contributed by atoms with van der Waals surface area (Å²) in [6.45, 7) is 0.364. The number of pyridine rings is 1. The molecule has 242 valence electrons. The van der Waals surface area contributed by atoms with Gasteiger partial charge in [-0.15, -0.1) is 0 Å². The fourth-order valence-corrected chi connectivity index (χ4v) is 6.75. The molecule has 1 unspecified atom stereocenters. The number of likely N-dealkylation sites (N-methyl/N-ethyl adjacent to an activating group) is 1. The van der Waals surface area contributed by atoms with Gasteiger partial charge in [-0.3, -0.25) is 23.5 Å². The van der Waals surface area contributed by atoms with Crippen molar-refractivity contribution in [2.75, 3.05) is 31.7 Å². The molecule has 12 nitrogen and oxygen atoms in total. The molecular formula is C34H32N3O9P. The van der Waals surface area contributed by atoms with Crippen LogP contribution in [-0.4, -0.2) is 61.0 Å². The number of ether oxygens (including phenoxy) is 3. The van der Waals surface area contributed by atoms with Gasteiger partial charge in [0.1, 0.15) is 18.4 Å². The third kappa shape index (κ3) is 6.72. The molecule has 2 fully saturated rings. The molecule has 47 heavy (non-hydrogen) atoms. The lowest BCUT2D eigenvalue weighted by Crippen LogP contribution is -2.45. The van der Waals surface area contributed by atoms with Crippen LogP contribution in [0.4, 0.5) is 15.3 Å². The standard InChI is InChI=1S/C34H32N3O9P/c1-36-18-31(45-33(36)38)27-14-12-26(17-35-27)25-13-15-28-30(16-25)41-21-29-32(46-34(39)37(28)29)22-44-47(40,42-19-23-8-4-2-5-9-23)43-20-24-10-6-3-7-11-24/h2-17,29,31-32H,18-22H2,1H3/t29-,31?,32-/m0/s1. The highest BCUT2D eigenvalue weighted by molar-refractivity contribution is 7.48. The molecule has 3 aliphatic heterocycles. The summed E-state index contributed by atoms with van der Waals surface area (Å²) in [5.74, 6) is 0.510. The van der Waals surface area contributed by atoms with Crippen molar-refractivity contribution < 1.29 is 41.9 Å². The van der Waals surface area contributed by atoms with E-state index in [9.17, 15) is 14.2 Å². The summed E-state index contributed by atoms with van der Waals surface area (Å²) >= 11 is 0. The van der Waals surface area contributed by atoms with Gasteiger partial charge < -0.3 is 19.1 Å². The zero-order chi connectivity index (χ0) is 32.4. The van der Waals surface area contributed by atoms with Gasteiger partial charge in [-0.25, -0.2) is 14.2 Å². The highest BCUT2D eigenvalue weighted by Crippen LogP contribution is 2.52. The fraction of sp³-hybridized carbons (Fsp3) is 0.265. The molecule has 0 bridgehead atoms. The Balaban J connectivity index is 1.03. The van der Waals surface area contributed by atoms with E-state index in [2.05, 4.69) is 4.98 Å². The molecule has 2 saturated heterocycles. The second-order valence-corrected chi connectivity index (χ2v) is 13.0. The van der Waals surface area contributed by atoms with E-state index < -0.39 is 32.2 Å². The number of hydrogen-bond acceptors (Lipinski definition) is 10. The number of anilines is 1. The Kier molecular flexibility index (Phi) is 8.66. The molecule has 0 N–H and O–H groups in total. The van der Waals surface area contributed by atoms with Crippen molar-refractivity contribution in [3.63, 3.8) is 0 Å². The number of phosphoric acid groups is 1. The quantitative estimate of drug-likeness (QED) is 0.165. The van der Waals surface area contributed by atoms with Gasteiger partial charge >= 0.3 is 20.0 Å². The normalized spacial score (nSPS) is 20.3. The van der Waals surface area contributed by atoms with Crippen LogP contribution in [0.2, 0.25) is 0 Å². The summed E-state index contributed by atoms with van der Waals surface area (Å²) < 4.78 is 48.1. The second-order valence-electron chi connectivity index (χ2n) is 11.3. The lowest BCUT2D eigenvalue weighted by molar-refractivity contribution is 0.0460. The number of aromatic nitrogens is 1. The number of hydrogen-bond donors (Lipinski definition) is 0. The van der Waals surface area contributed by atoms with E-state index in [-0.39, 0.29) is 32.5 Å². The Morgan fingerprint density at radius 3 is 2.13 bits per heavy atom. The summed E-state index contributed by atoms with van der Waals surface area (Å²) in [6, 6.07) is 27.3. The van der Waals surface area contributed by atoms with Crippen molar-refractivity contribution >= 4 is 25.7 Å². The molecule has 4 heterocycles. The summed E-state index contributed by atoms with van der Waals surface area (Å²) in [7, 11) is -2.39. The number of benzene rings is 3. The second kappa shape index (κ2) is 13.2. The molecule has 0 spiro atoms. The summed E-state index contributed by atoms with van der Waals surface area (Å²) in [5.41, 5.74) is 4.48. The van der Waals surface area contributed by atoms with Crippen LogP contribution in [0.3, 0.4) is 0 Å². The minimum Gasteiger partial charge on any atom is -0.489 e. The van der Waals surface area contributed by atoms with E-state index in [1.54, 1.807) is 19.3 Å². The summed E-state index contributed by atoms with van der Waals surface area (Å²) in [4.78, 5) is 32.4. The van der Waals surface area contributed by atoms with Gasteiger partial charge in [0.2, 0.25) is 0 Å². The fourth-order valence-electron chi connectivity index (χ4n) is 5.58. The Morgan fingerprint density at radius 1 is 0.830 bits per heavy atom. The van der Waals surface area contributed by atoms with Gasteiger partial charge in [0.05, 0.1) is 37.7 Å². The average Bonchev–Trinajstić information content (AvgIpc) is 3.63. The molecule has 3 aromatic carbocycles. The molecule has 0 saturated carbocycles. The highest BCUT2D eigenvalue weighted by atomic mass is 31.2. The van der Waals surface area contributed by atoms with Gasteiger partial charge in [-0.1, -0.05) is 72.8 Å². The molecule has 2 amide bonds. The highest BCUT2D eigenvalue weighted by Gasteiger charge is 2.48. The maximum atomic E-state index is 13.8. The average molecular weight is 658 g/mol. The van der Waals surface area contributed by atoms with Gasteiger partial charge in [0.15, 0.2) is 12.2 Å². The topological polar surface area (TPSA) is 126 Å². The Hall–Kier alpha value is -4.74. The number of fused-ring (bicyclic) bond motifs is 3. The Labute approximate surface area is 271 Å². The molecule has 7 rings (SSSR count). The van der Waals surface area contributed by atoms with E-state index in [4.69, 9.17) is 27.8 Å². The number of cyclic esters (lactones) is 2. The molecule has 4 aromatic rings. The third-order valence-electron chi connectivity index (χ3n) is 8.14. The smallest absolute Gasteiger partial charge is 0.475 e. The van der Waals surface area contributed by atoms with E-state index in [1.807, 2.05) is 84.9 Å². The minimum atomic E-state index is -4.08. The van der Waals surface area contributed by atoms with Crippen molar-refractivity contribution in [2.24, 2.45) is 0 Å². The maximum Gasteiger partial charge on any atom is 0.475 e. The van der Waals surface area contributed by atoms with E-state index in [1.165, 1.54) is 9.80 Å². The number of rotatable bonds is 11. The van der Waals surface area contributed by atoms with Crippen LogP contribution in [0.1, 0.15) is 22.9 Å². The predicted octanol–water partition coefficient (Wildman–Crippen LogP) is 6.52. The number of phosphoric ester groups is 1. The molecule has 13 heteroatoms. The van der Waals surface area contributed by atoms with Gasteiger partial charge in [-0.05, 0) is 34.9 Å². The first-order valence-electron chi connectivity index (χ1n) is 15.1. The number of amides is 2. The maximum absolute atomic E-state index is 13.8. The van der Waals surface area contributed by atoms with Crippen LogP contribution in [0.25, 0.3) is 11.1 Å². The first kappa shape index (κ1) is 30.9. The van der Waals surface area contributed by atoms with Crippen molar-refractivity contribution in [3.8, 4) is 16.9 Å². The number of carbonyl (C=O) groups is 2. The van der Waals surface area contributed by atoms with Crippen LogP contribution in [0.5, 0.6) is 5.75 Å². The van der Waals surface area contributed by atoms with Crippen molar-refractivity contribution in [2.45, 2.75) is 31.5 Å². The number of carbonyl (C=O) groups excluding carboxylic acids is 2. The summed E-state index contributed by atoms with van der Waals surface area (Å²) in [5, 5.41) is 0. The van der Waals surface area contributed by atoms with E-state index in [0.29, 0.717) is 23.7 Å². The lowest BCUT2D eigenvalue weighted by atomic mass is 10.0. The van der Waals surface area contributed by atoms with Crippen LogP contribution >= 0.6 is 7.82 Å². The van der Waals surface area contributed by atoms with E-state index in [0.717, 1.165) is 22.3 Å². The third-order valence-corrected chi connectivity index (χ3v) is 9.50. The zero-order valence-corrected chi connectivity index (χ0v) is 26.4. The van der Waals surface area contributed by atoms with Crippen molar-refractivity contribution in [1.29, 1.82) is 0 Å². The van der Waals surface area contributed by atoms with Crippen molar-refractivity contribution in [1.82, 2.24) is 9.88 Å². The Morgan fingerprint density at radius 2 is 1.51 bits per heavy atom. The minimum absolute atomic E-state index is 0.00929. The Bertz CT molecular complexity index is 1740. The molecule has 3 aliphatic rings. The van der Waals surface area contributed by atoms with Crippen LogP contribution in [0, 0.1) is 0 Å². The van der Waals surface area contributed by atoms with Gasteiger partial charge in [0, 0.05) is 18.8 Å². The van der Waals surface area contributed by atoms with Gasteiger partial charge in [-0.2, -0.15) is 0 Å². The summed E-state index contributed by atoms with van der Waals surface area (Å²) in [6.07, 6.45) is -0.423. The van der Waals surface area contributed by atoms with Crippen LogP contribution in [-0.2, 0) is 40.8 Å². The predicted molar refractivity (Wildman–Crippen MR) is 170 cm³/mol. The monoisotopic (exact) mass is 657 g/mol.